The summed E-state index contributed by atoms with van der Waals surface area (Å²) in [6.07, 6.45) is 2.27. The van der Waals surface area contributed by atoms with Crippen LogP contribution in [0.15, 0.2) is 30.5 Å². The van der Waals surface area contributed by atoms with Crippen LogP contribution in [0.2, 0.25) is 0 Å². The molecule has 0 bridgehead atoms. The molecular formula is C28H39N5O6. The van der Waals surface area contributed by atoms with Crippen molar-refractivity contribution in [3.05, 3.63) is 36.0 Å². The Morgan fingerprint density at radius 3 is 2.23 bits per heavy atom. The monoisotopic (exact) mass is 541 g/mol. The zero-order valence-corrected chi connectivity index (χ0v) is 23.3. The van der Waals surface area contributed by atoms with Crippen LogP contribution in [-0.4, -0.2) is 64.4 Å². The normalized spacial score (nSPS) is 13.7. The number of hydrogen-bond acceptors (Lipinski definition) is 7. The number of benzene rings is 1. The van der Waals surface area contributed by atoms with E-state index in [1.54, 1.807) is 40.8 Å². The van der Waals surface area contributed by atoms with Crippen molar-refractivity contribution >= 4 is 46.6 Å². The summed E-state index contributed by atoms with van der Waals surface area (Å²) in [6.45, 7) is 9.92. The number of amides is 3. The Labute approximate surface area is 228 Å². The van der Waals surface area contributed by atoms with E-state index in [0.717, 1.165) is 16.5 Å². The maximum Gasteiger partial charge on any atom is 0.329 e. The molecule has 0 saturated carbocycles. The molecule has 0 aliphatic heterocycles. The zero-order valence-electron chi connectivity index (χ0n) is 23.3. The zero-order chi connectivity index (χ0) is 29.3. The molecule has 11 heteroatoms. The first-order valence-electron chi connectivity index (χ1n) is 12.9. The smallest absolute Gasteiger partial charge is 0.329 e. The third-order valence-corrected chi connectivity index (χ3v) is 5.89. The third kappa shape index (κ3) is 9.66. The first-order valence-corrected chi connectivity index (χ1v) is 12.9. The molecule has 212 valence electrons. The first kappa shape index (κ1) is 31.2. The number of fused-ring (bicyclic) bond motifs is 1. The number of para-hydroxylation sites is 1. The van der Waals surface area contributed by atoms with Crippen molar-refractivity contribution in [2.45, 2.75) is 84.5 Å². The molecule has 3 amide bonds. The fourth-order valence-corrected chi connectivity index (χ4v) is 3.99. The van der Waals surface area contributed by atoms with Crippen molar-refractivity contribution in [1.29, 1.82) is 5.41 Å². The summed E-state index contributed by atoms with van der Waals surface area (Å²) in [5.74, 6) is -3.21. The van der Waals surface area contributed by atoms with Gasteiger partial charge in [-0.1, -0.05) is 32.0 Å². The molecule has 0 spiro atoms. The number of aromatic nitrogens is 1. The third-order valence-electron chi connectivity index (χ3n) is 5.89. The lowest BCUT2D eigenvalue weighted by atomic mass is 10.0. The van der Waals surface area contributed by atoms with E-state index in [0.29, 0.717) is 6.21 Å². The lowest BCUT2D eigenvalue weighted by Crippen LogP contribution is -2.57. The Hall–Kier alpha value is -4.02. The molecular weight excluding hydrogens is 502 g/mol. The second kappa shape index (κ2) is 13.7. The Morgan fingerprint density at radius 1 is 1.00 bits per heavy atom. The highest BCUT2D eigenvalue weighted by molar-refractivity contribution is 6.26. The number of ether oxygens (including phenoxy) is 1. The molecule has 1 aromatic carbocycles. The minimum atomic E-state index is -1.20. The second-order valence-corrected chi connectivity index (χ2v) is 10.8. The van der Waals surface area contributed by atoms with E-state index >= 15 is 0 Å². The van der Waals surface area contributed by atoms with E-state index in [1.165, 1.54) is 6.92 Å². The SMILES string of the molecule is CC(=O)N[C@@H](Cc1c[nH]c2ccccc12)C(=O)N[C@@H](CCC(=O)C=N)C(=O)N[C@H](C(=O)OC(C)(C)C)C(C)C. The molecule has 1 aromatic heterocycles. The average molecular weight is 542 g/mol. The van der Waals surface area contributed by atoms with Crippen LogP contribution in [-0.2, 0) is 35.1 Å². The standard InChI is InChI=1S/C28H39N5O6/c1-16(2)24(27(38)39-28(4,5)6)33-25(36)22(12-11-19(35)14-29)32-26(37)23(31-17(3)34)13-18-15-30-21-10-8-7-9-20(18)21/h7-10,14-16,22-24,29-30H,11-13H2,1-6H3,(H,31,34)(H,32,37)(H,33,36)/t22-,23-,24-/m0/s1. The van der Waals surface area contributed by atoms with Crippen molar-refractivity contribution in [2.75, 3.05) is 0 Å². The van der Waals surface area contributed by atoms with Crippen LogP contribution in [0.5, 0.6) is 0 Å². The molecule has 39 heavy (non-hydrogen) atoms. The Morgan fingerprint density at radius 2 is 1.64 bits per heavy atom. The number of Topliss-reactive ketones (excluding diaryl/α,β-unsaturated/α-hetero) is 1. The van der Waals surface area contributed by atoms with Gasteiger partial charge in [0.2, 0.25) is 17.7 Å². The number of H-pyrrole nitrogens is 1. The number of carbonyl (C=O) groups excluding carboxylic acids is 5. The minimum Gasteiger partial charge on any atom is -0.458 e. The second-order valence-electron chi connectivity index (χ2n) is 10.8. The molecule has 3 atom stereocenters. The number of esters is 1. The Bertz CT molecular complexity index is 1210. The summed E-state index contributed by atoms with van der Waals surface area (Å²) in [6, 6.07) is 4.32. The van der Waals surface area contributed by atoms with Gasteiger partial charge < -0.3 is 31.1 Å². The van der Waals surface area contributed by atoms with Gasteiger partial charge >= 0.3 is 5.97 Å². The summed E-state index contributed by atoms with van der Waals surface area (Å²) in [5, 5.41) is 16.0. The van der Waals surface area contributed by atoms with Crippen LogP contribution in [0, 0.1) is 11.3 Å². The topological polar surface area (TPSA) is 170 Å². The van der Waals surface area contributed by atoms with Crippen LogP contribution < -0.4 is 16.0 Å². The van der Waals surface area contributed by atoms with Crippen molar-refractivity contribution < 1.29 is 28.7 Å². The number of hydrogen-bond donors (Lipinski definition) is 5. The molecule has 0 aliphatic carbocycles. The van der Waals surface area contributed by atoms with Crippen molar-refractivity contribution in [1.82, 2.24) is 20.9 Å². The minimum absolute atomic E-state index is 0.106. The molecule has 11 nitrogen and oxygen atoms in total. The first-order chi connectivity index (χ1) is 18.2. The summed E-state index contributed by atoms with van der Waals surface area (Å²) in [5.41, 5.74) is 0.899. The van der Waals surface area contributed by atoms with Crippen LogP contribution in [0.4, 0.5) is 0 Å². The maximum atomic E-state index is 13.4. The van der Waals surface area contributed by atoms with Crippen molar-refractivity contribution in [3.63, 3.8) is 0 Å². The van der Waals surface area contributed by atoms with E-state index in [2.05, 4.69) is 20.9 Å². The molecule has 0 saturated heterocycles. The van der Waals surface area contributed by atoms with E-state index in [1.807, 2.05) is 24.3 Å². The number of ketones is 1. The van der Waals surface area contributed by atoms with E-state index < -0.39 is 53.2 Å². The van der Waals surface area contributed by atoms with E-state index in [-0.39, 0.29) is 25.2 Å². The van der Waals surface area contributed by atoms with Crippen LogP contribution in [0.3, 0.4) is 0 Å². The summed E-state index contributed by atoms with van der Waals surface area (Å²) >= 11 is 0. The van der Waals surface area contributed by atoms with E-state index in [4.69, 9.17) is 10.1 Å². The van der Waals surface area contributed by atoms with Gasteiger partial charge in [-0.2, -0.15) is 0 Å². The number of rotatable bonds is 13. The molecule has 0 radical (unpaired) electrons. The number of nitrogens with one attached hydrogen (secondary N) is 5. The van der Waals surface area contributed by atoms with Gasteiger partial charge in [-0.25, -0.2) is 4.79 Å². The Balaban J connectivity index is 2.27. The van der Waals surface area contributed by atoms with Crippen molar-refractivity contribution in [2.24, 2.45) is 5.92 Å². The van der Waals surface area contributed by atoms with Gasteiger partial charge in [-0.15, -0.1) is 0 Å². The summed E-state index contributed by atoms with van der Waals surface area (Å²) < 4.78 is 5.44. The molecule has 2 rings (SSSR count). The molecule has 5 N–H and O–H groups in total. The molecule has 0 aliphatic rings. The summed E-state index contributed by atoms with van der Waals surface area (Å²) in [7, 11) is 0. The largest absolute Gasteiger partial charge is 0.458 e. The highest BCUT2D eigenvalue weighted by atomic mass is 16.6. The van der Waals surface area contributed by atoms with Crippen molar-refractivity contribution in [3.8, 4) is 0 Å². The molecule has 0 fully saturated rings. The van der Waals surface area contributed by atoms with Gasteiger partial charge in [-0.05, 0) is 44.7 Å². The van der Waals surface area contributed by atoms with Crippen LogP contribution in [0.25, 0.3) is 10.9 Å². The van der Waals surface area contributed by atoms with Gasteiger partial charge in [-0.3, -0.25) is 19.2 Å². The van der Waals surface area contributed by atoms with Crippen LogP contribution in [0.1, 0.15) is 59.9 Å². The van der Waals surface area contributed by atoms with Crippen LogP contribution >= 0.6 is 0 Å². The fraction of sp³-hybridized carbons (Fsp3) is 0.500. The quantitative estimate of drug-likeness (QED) is 0.192. The van der Waals surface area contributed by atoms with E-state index in [9.17, 15) is 24.0 Å². The van der Waals surface area contributed by atoms with Gasteiger partial charge in [0, 0.05) is 36.9 Å². The predicted molar refractivity (Wildman–Crippen MR) is 147 cm³/mol. The predicted octanol–water partition coefficient (Wildman–Crippen LogP) is 2.18. The number of aromatic amines is 1. The van der Waals surface area contributed by atoms with Gasteiger partial charge in [0.25, 0.3) is 0 Å². The molecule has 2 aromatic rings. The molecule has 0 unspecified atom stereocenters. The van der Waals surface area contributed by atoms with Gasteiger partial charge in [0.1, 0.15) is 23.7 Å². The maximum absolute atomic E-state index is 13.4. The average Bonchev–Trinajstić information content (AvgIpc) is 3.25. The lowest BCUT2D eigenvalue weighted by molar-refractivity contribution is -0.160. The molecule has 1 heterocycles. The Kier molecular flexibility index (Phi) is 10.9. The summed E-state index contributed by atoms with van der Waals surface area (Å²) in [4.78, 5) is 66.3. The highest BCUT2D eigenvalue weighted by Gasteiger charge is 2.33. The number of carbonyl (C=O) groups is 5. The highest BCUT2D eigenvalue weighted by Crippen LogP contribution is 2.19. The van der Waals surface area contributed by atoms with Gasteiger partial charge in [0.05, 0.1) is 6.21 Å². The fourth-order valence-electron chi connectivity index (χ4n) is 3.99. The lowest BCUT2D eigenvalue weighted by Gasteiger charge is -2.28. The van der Waals surface area contributed by atoms with Gasteiger partial charge in [0.15, 0.2) is 5.78 Å².